The molecule has 0 N–H and O–H groups in total. The number of ketones is 1. The number of aromatic nitrogens is 4. The van der Waals surface area contributed by atoms with Crippen LogP contribution in [-0.4, -0.2) is 25.1 Å². The van der Waals surface area contributed by atoms with E-state index in [0.717, 1.165) is 17.6 Å². The van der Waals surface area contributed by atoms with E-state index in [2.05, 4.69) is 10.1 Å². The molecule has 0 saturated carbocycles. The minimum Gasteiger partial charge on any atom is -0.323 e. The van der Waals surface area contributed by atoms with Crippen LogP contribution in [0.3, 0.4) is 0 Å². The van der Waals surface area contributed by atoms with E-state index in [1.54, 1.807) is 23.4 Å². The zero-order valence-electron chi connectivity index (χ0n) is 10.7. The molecule has 96 valence electrons. The molecule has 19 heavy (non-hydrogen) atoms. The van der Waals surface area contributed by atoms with Crippen LogP contribution in [0.1, 0.15) is 17.3 Å². The first-order valence-electron chi connectivity index (χ1n) is 6.23. The summed E-state index contributed by atoms with van der Waals surface area (Å²) < 4.78 is 3.61. The summed E-state index contributed by atoms with van der Waals surface area (Å²) >= 11 is 0. The predicted octanol–water partition coefficient (Wildman–Crippen LogP) is 2.14. The summed E-state index contributed by atoms with van der Waals surface area (Å²) in [6.07, 6.45) is 5.10. The normalized spacial score (nSPS) is 11.0. The van der Waals surface area contributed by atoms with Crippen molar-refractivity contribution < 1.29 is 4.79 Å². The van der Waals surface area contributed by atoms with Crippen molar-refractivity contribution in [2.75, 3.05) is 0 Å². The number of carbonyl (C=O) groups excluding carboxylic acids is 1. The molecule has 2 aromatic heterocycles. The first-order chi connectivity index (χ1) is 9.28. The number of aryl methyl sites for hydroxylation is 1. The molecule has 0 fully saturated rings. The standard InChI is InChI=1S/C14H14N4O/c1-2-18-8-11(7-16-18)14(19)9-17-10-15-12-5-3-4-6-13(12)17/h3-8,10H,2,9H2,1H3. The summed E-state index contributed by atoms with van der Waals surface area (Å²) in [4.78, 5) is 16.5. The Kier molecular flexibility index (Phi) is 2.87. The molecule has 0 aliphatic carbocycles. The Bertz CT molecular complexity index is 726. The van der Waals surface area contributed by atoms with Crippen LogP contribution in [-0.2, 0) is 13.1 Å². The average molecular weight is 254 g/mol. The lowest BCUT2D eigenvalue weighted by atomic mass is 10.2. The molecule has 0 aliphatic heterocycles. The SMILES string of the molecule is CCn1cc(C(=O)Cn2cnc3ccccc32)cn1. The molecule has 3 rings (SSSR count). The number of hydrogen-bond donors (Lipinski definition) is 0. The fraction of sp³-hybridized carbons (Fsp3) is 0.214. The van der Waals surface area contributed by atoms with Crippen molar-refractivity contribution in [1.29, 1.82) is 0 Å². The first kappa shape index (κ1) is 11.6. The Morgan fingerprint density at radius 1 is 1.32 bits per heavy atom. The molecule has 0 spiro atoms. The lowest BCUT2D eigenvalue weighted by Crippen LogP contribution is -2.08. The van der Waals surface area contributed by atoms with E-state index in [1.165, 1.54) is 0 Å². The summed E-state index contributed by atoms with van der Waals surface area (Å²) in [7, 11) is 0. The fourth-order valence-electron chi connectivity index (χ4n) is 2.06. The fourth-order valence-corrected chi connectivity index (χ4v) is 2.06. The molecule has 0 amide bonds. The second-order valence-corrected chi connectivity index (χ2v) is 4.37. The first-order valence-corrected chi connectivity index (χ1v) is 6.23. The average Bonchev–Trinajstić information content (AvgIpc) is 3.06. The van der Waals surface area contributed by atoms with Gasteiger partial charge >= 0.3 is 0 Å². The van der Waals surface area contributed by atoms with Gasteiger partial charge in [-0.3, -0.25) is 9.48 Å². The minimum atomic E-state index is 0.0443. The van der Waals surface area contributed by atoms with Gasteiger partial charge in [0.15, 0.2) is 5.78 Å². The summed E-state index contributed by atoms with van der Waals surface area (Å²) in [5.74, 6) is 0.0443. The third-order valence-corrected chi connectivity index (χ3v) is 3.12. The van der Waals surface area contributed by atoms with Crippen LogP contribution < -0.4 is 0 Å². The molecule has 2 heterocycles. The van der Waals surface area contributed by atoms with Crippen molar-refractivity contribution in [3.05, 3.63) is 48.5 Å². The van der Waals surface area contributed by atoms with Gasteiger partial charge in [-0.25, -0.2) is 4.98 Å². The Morgan fingerprint density at radius 2 is 2.16 bits per heavy atom. The maximum Gasteiger partial charge on any atom is 0.185 e. The number of carbonyl (C=O) groups is 1. The van der Waals surface area contributed by atoms with Crippen LogP contribution >= 0.6 is 0 Å². The largest absolute Gasteiger partial charge is 0.323 e. The molecule has 5 heteroatoms. The van der Waals surface area contributed by atoms with E-state index in [-0.39, 0.29) is 12.3 Å². The van der Waals surface area contributed by atoms with E-state index < -0.39 is 0 Å². The quantitative estimate of drug-likeness (QED) is 0.670. The number of rotatable bonds is 4. The number of hydrogen-bond acceptors (Lipinski definition) is 3. The summed E-state index contributed by atoms with van der Waals surface area (Å²) in [6, 6.07) is 7.78. The molecule has 0 radical (unpaired) electrons. The van der Waals surface area contributed by atoms with Crippen LogP contribution in [0, 0.1) is 0 Å². The number of benzene rings is 1. The maximum absolute atomic E-state index is 12.2. The number of Topliss-reactive ketones (excluding diaryl/α,β-unsaturated/α-hetero) is 1. The molecule has 0 atom stereocenters. The third kappa shape index (κ3) is 2.14. The van der Waals surface area contributed by atoms with E-state index in [9.17, 15) is 4.79 Å². The predicted molar refractivity (Wildman–Crippen MR) is 72.0 cm³/mol. The van der Waals surface area contributed by atoms with Crippen LogP contribution in [0.4, 0.5) is 0 Å². The third-order valence-electron chi connectivity index (χ3n) is 3.12. The molecule has 0 bridgehead atoms. The van der Waals surface area contributed by atoms with E-state index in [1.807, 2.05) is 35.8 Å². The Hall–Kier alpha value is -2.43. The molecule has 0 unspecified atom stereocenters. The monoisotopic (exact) mass is 254 g/mol. The van der Waals surface area contributed by atoms with E-state index in [4.69, 9.17) is 0 Å². The van der Waals surface area contributed by atoms with Crippen molar-refractivity contribution in [2.24, 2.45) is 0 Å². The van der Waals surface area contributed by atoms with Gasteiger partial charge in [0.1, 0.15) is 0 Å². The van der Waals surface area contributed by atoms with Crippen molar-refractivity contribution in [3.8, 4) is 0 Å². The van der Waals surface area contributed by atoms with Crippen molar-refractivity contribution in [2.45, 2.75) is 20.0 Å². The van der Waals surface area contributed by atoms with Crippen molar-refractivity contribution in [1.82, 2.24) is 19.3 Å². The van der Waals surface area contributed by atoms with Crippen LogP contribution in [0.2, 0.25) is 0 Å². The van der Waals surface area contributed by atoms with Gasteiger partial charge in [0, 0.05) is 12.7 Å². The minimum absolute atomic E-state index is 0.0443. The van der Waals surface area contributed by atoms with Crippen LogP contribution in [0.25, 0.3) is 11.0 Å². The van der Waals surface area contributed by atoms with Gasteiger partial charge < -0.3 is 4.57 Å². The molecule has 5 nitrogen and oxygen atoms in total. The molecule has 3 aromatic rings. The van der Waals surface area contributed by atoms with Crippen molar-refractivity contribution >= 4 is 16.8 Å². The van der Waals surface area contributed by atoms with Crippen LogP contribution in [0.5, 0.6) is 0 Å². The maximum atomic E-state index is 12.2. The smallest absolute Gasteiger partial charge is 0.185 e. The Labute approximate surface area is 110 Å². The van der Waals surface area contributed by atoms with Gasteiger partial charge in [0.05, 0.1) is 35.7 Å². The molecule has 0 aliphatic rings. The van der Waals surface area contributed by atoms with E-state index in [0.29, 0.717) is 5.56 Å². The summed E-state index contributed by atoms with van der Waals surface area (Å²) in [5, 5.41) is 4.12. The van der Waals surface area contributed by atoms with Gasteiger partial charge in [-0.1, -0.05) is 12.1 Å². The highest BCUT2D eigenvalue weighted by Crippen LogP contribution is 2.12. The molecule has 1 aromatic carbocycles. The zero-order valence-corrected chi connectivity index (χ0v) is 10.7. The highest BCUT2D eigenvalue weighted by Gasteiger charge is 2.11. The lowest BCUT2D eigenvalue weighted by molar-refractivity contribution is 0.0973. The lowest BCUT2D eigenvalue weighted by Gasteiger charge is -2.01. The molecular weight excluding hydrogens is 240 g/mol. The van der Waals surface area contributed by atoms with Gasteiger partial charge in [-0.2, -0.15) is 5.10 Å². The molecular formula is C14H14N4O. The van der Waals surface area contributed by atoms with Gasteiger partial charge in [-0.15, -0.1) is 0 Å². The highest BCUT2D eigenvalue weighted by molar-refractivity contribution is 5.96. The van der Waals surface area contributed by atoms with Gasteiger partial charge in [-0.05, 0) is 19.1 Å². The van der Waals surface area contributed by atoms with Gasteiger partial charge in [0.25, 0.3) is 0 Å². The van der Waals surface area contributed by atoms with Crippen LogP contribution in [0.15, 0.2) is 43.0 Å². The van der Waals surface area contributed by atoms with Gasteiger partial charge in [0.2, 0.25) is 0 Å². The Balaban J connectivity index is 1.86. The second-order valence-electron chi connectivity index (χ2n) is 4.37. The Morgan fingerprint density at radius 3 is 2.95 bits per heavy atom. The highest BCUT2D eigenvalue weighted by atomic mass is 16.1. The number of imidazole rings is 1. The number of nitrogens with zero attached hydrogens (tertiary/aromatic N) is 4. The van der Waals surface area contributed by atoms with E-state index >= 15 is 0 Å². The topological polar surface area (TPSA) is 52.7 Å². The number of para-hydroxylation sites is 2. The number of fused-ring (bicyclic) bond motifs is 1. The second kappa shape index (κ2) is 4.68. The van der Waals surface area contributed by atoms with Crippen molar-refractivity contribution in [3.63, 3.8) is 0 Å². The summed E-state index contributed by atoms with van der Waals surface area (Å²) in [6.45, 7) is 3.04. The zero-order chi connectivity index (χ0) is 13.2. The molecule has 0 saturated heterocycles. The summed E-state index contributed by atoms with van der Waals surface area (Å²) in [5.41, 5.74) is 2.51.